The van der Waals surface area contributed by atoms with Gasteiger partial charge in [-0.05, 0) is 91.5 Å². The maximum Gasteiger partial charge on any atom is 0.119 e. The lowest BCUT2D eigenvalue weighted by molar-refractivity contribution is 0.415. The summed E-state index contributed by atoms with van der Waals surface area (Å²) in [6.07, 6.45) is 17.7. The molecule has 2 aromatic heterocycles. The van der Waals surface area contributed by atoms with Gasteiger partial charge >= 0.3 is 0 Å². The van der Waals surface area contributed by atoms with Gasteiger partial charge in [0.15, 0.2) is 0 Å². The summed E-state index contributed by atoms with van der Waals surface area (Å²) in [5.74, 6) is 0.905. The minimum atomic E-state index is 0.594. The Labute approximate surface area is 212 Å². The Bertz CT molecular complexity index is 1480. The number of aliphatic imine (C=N–C) groups is 1. The third-order valence-electron chi connectivity index (χ3n) is 7.16. The summed E-state index contributed by atoms with van der Waals surface area (Å²) in [7, 11) is 3.76. The number of nitrogens with one attached hydrogen (secondary N) is 2. The molecule has 0 aliphatic carbocycles. The van der Waals surface area contributed by atoms with Crippen molar-refractivity contribution in [1.82, 2.24) is 9.55 Å². The first-order chi connectivity index (χ1) is 17.6. The first-order valence-corrected chi connectivity index (χ1v) is 12.8. The van der Waals surface area contributed by atoms with Gasteiger partial charge in [0.1, 0.15) is 5.75 Å². The molecule has 0 spiro atoms. The molecule has 0 bridgehead atoms. The Morgan fingerprint density at radius 3 is 2.86 bits per heavy atom. The summed E-state index contributed by atoms with van der Waals surface area (Å²) in [6.45, 7) is 0. The molecule has 0 unspecified atom stereocenters. The lowest BCUT2D eigenvalue weighted by atomic mass is 9.96. The number of fused-ring (bicyclic) bond motifs is 2. The first kappa shape index (κ1) is 23.9. The third kappa shape index (κ3) is 5.20. The summed E-state index contributed by atoms with van der Waals surface area (Å²) in [6, 6.07) is 14.6. The minimum absolute atomic E-state index is 0.594. The van der Waals surface area contributed by atoms with Gasteiger partial charge in [-0.3, -0.25) is 10.4 Å². The number of ether oxygens (including phenoxy) is 1. The van der Waals surface area contributed by atoms with Crippen LogP contribution in [0.4, 0.5) is 0 Å². The van der Waals surface area contributed by atoms with E-state index in [-0.39, 0.29) is 0 Å². The van der Waals surface area contributed by atoms with Crippen molar-refractivity contribution in [3.63, 3.8) is 0 Å². The number of nitrogens with zero attached hydrogens (tertiary/aromatic N) is 2. The van der Waals surface area contributed by atoms with E-state index >= 15 is 0 Å². The highest BCUT2D eigenvalue weighted by Crippen LogP contribution is 2.26. The molecule has 184 valence electrons. The number of aromatic amines is 1. The zero-order chi connectivity index (χ0) is 24.9. The number of hydrogen-bond donors (Lipinski definition) is 2. The summed E-state index contributed by atoms with van der Waals surface area (Å²) in [4.78, 5) is 8.08. The standard InChI is InChI=1S/C31H34N4O/c1-35-18-16-22-11-12-24(19-30(22)35)31(32)23-8-6-10-26(33-17-15-23)9-5-3-4-7-25-21-34-29-14-13-27(36-2)20-28(25)29/h10-21,32,34H,3-9H2,1-2H3. The lowest BCUT2D eigenvalue weighted by Crippen LogP contribution is -2.05. The first-order valence-electron chi connectivity index (χ1n) is 12.8. The second-order valence-electron chi connectivity index (χ2n) is 9.57. The average Bonchev–Trinajstić information content (AvgIpc) is 3.47. The van der Waals surface area contributed by atoms with E-state index < -0.39 is 0 Å². The number of aromatic nitrogens is 2. The number of hydrogen-bond acceptors (Lipinski definition) is 3. The Morgan fingerprint density at radius 1 is 1.08 bits per heavy atom. The molecule has 0 fully saturated rings. The molecule has 3 heterocycles. The number of methoxy groups -OCH3 is 1. The molecule has 5 heteroatoms. The average molecular weight is 479 g/mol. The van der Waals surface area contributed by atoms with Gasteiger partial charge in [0.25, 0.3) is 0 Å². The monoisotopic (exact) mass is 478 g/mol. The molecule has 2 N–H and O–H groups in total. The van der Waals surface area contributed by atoms with Crippen LogP contribution < -0.4 is 4.74 Å². The molecule has 0 radical (unpaired) electrons. The fourth-order valence-electron chi connectivity index (χ4n) is 5.02. The van der Waals surface area contributed by atoms with Gasteiger partial charge < -0.3 is 14.3 Å². The largest absolute Gasteiger partial charge is 0.497 e. The highest BCUT2D eigenvalue weighted by molar-refractivity contribution is 6.13. The Balaban J connectivity index is 1.12. The summed E-state index contributed by atoms with van der Waals surface area (Å²) in [5.41, 5.74) is 7.44. The number of rotatable bonds is 9. The molecule has 36 heavy (non-hydrogen) atoms. The SMILES string of the molecule is COc1ccc2[nH]cc(CCCCCC3=CCCC(C(=N)c4ccc5ccn(C)c5c4)=CC=N3)c2c1. The number of unbranched alkanes of at least 4 members (excludes halogenated alkanes) is 2. The van der Waals surface area contributed by atoms with Gasteiger partial charge in [0, 0.05) is 53.3 Å². The molecule has 5 rings (SSSR count). The molecule has 4 aromatic rings. The molecule has 1 aliphatic rings. The van der Waals surface area contributed by atoms with Crippen LogP contribution in [0.3, 0.4) is 0 Å². The molecular weight excluding hydrogens is 444 g/mol. The van der Waals surface area contributed by atoms with Gasteiger partial charge in [-0.1, -0.05) is 24.6 Å². The third-order valence-corrected chi connectivity index (χ3v) is 7.16. The van der Waals surface area contributed by atoms with Crippen LogP contribution in [0.25, 0.3) is 21.8 Å². The van der Waals surface area contributed by atoms with Crippen LogP contribution in [-0.4, -0.2) is 28.6 Å². The Kier molecular flexibility index (Phi) is 7.17. The molecule has 0 saturated carbocycles. The van der Waals surface area contributed by atoms with Gasteiger partial charge in [-0.25, -0.2) is 0 Å². The van der Waals surface area contributed by atoms with Crippen LogP contribution in [-0.2, 0) is 13.5 Å². The Hall–Kier alpha value is -3.86. The zero-order valence-electron chi connectivity index (χ0n) is 21.2. The normalized spacial score (nSPS) is 13.9. The highest BCUT2D eigenvalue weighted by Gasteiger charge is 2.11. The van der Waals surface area contributed by atoms with E-state index in [2.05, 4.69) is 64.4 Å². The van der Waals surface area contributed by atoms with E-state index in [0.29, 0.717) is 5.71 Å². The number of allylic oxidation sites excluding steroid dienone is 4. The van der Waals surface area contributed by atoms with Crippen molar-refractivity contribution < 1.29 is 4.74 Å². The molecule has 5 nitrogen and oxygen atoms in total. The second kappa shape index (κ2) is 10.8. The van der Waals surface area contributed by atoms with Crippen LogP contribution in [0.2, 0.25) is 0 Å². The van der Waals surface area contributed by atoms with Crippen molar-refractivity contribution in [2.24, 2.45) is 12.0 Å². The number of aryl methyl sites for hydroxylation is 2. The van der Waals surface area contributed by atoms with Crippen molar-refractivity contribution in [3.8, 4) is 5.75 Å². The van der Waals surface area contributed by atoms with Gasteiger partial charge in [0.05, 0.1) is 12.8 Å². The zero-order valence-corrected chi connectivity index (χ0v) is 21.2. The van der Waals surface area contributed by atoms with Crippen LogP contribution in [0.15, 0.2) is 83.3 Å². The van der Waals surface area contributed by atoms with E-state index in [1.165, 1.54) is 34.0 Å². The quantitative estimate of drug-likeness (QED) is 0.190. The fraction of sp³-hybridized carbons (Fsp3) is 0.290. The molecule has 2 aromatic carbocycles. The van der Waals surface area contributed by atoms with Gasteiger partial charge in [0.2, 0.25) is 0 Å². The molecular formula is C31H34N4O. The highest BCUT2D eigenvalue weighted by atomic mass is 16.5. The van der Waals surface area contributed by atoms with Gasteiger partial charge in [-0.15, -0.1) is 0 Å². The van der Waals surface area contributed by atoms with Crippen molar-refractivity contribution in [1.29, 1.82) is 5.41 Å². The molecule has 0 saturated heterocycles. The summed E-state index contributed by atoms with van der Waals surface area (Å²) in [5, 5.41) is 11.2. The maximum absolute atomic E-state index is 8.76. The summed E-state index contributed by atoms with van der Waals surface area (Å²) >= 11 is 0. The van der Waals surface area contributed by atoms with Crippen LogP contribution in [0, 0.1) is 5.41 Å². The van der Waals surface area contributed by atoms with Gasteiger partial charge in [-0.2, -0.15) is 0 Å². The van der Waals surface area contributed by atoms with Crippen LogP contribution in [0.1, 0.15) is 49.7 Å². The van der Waals surface area contributed by atoms with E-state index in [1.807, 2.05) is 25.4 Å². The molecule has 0 atom stereocenters. The van der Waals surface area contributed by atoms with Crippen molar-refractivity contribution in [2.45, 2.75) is 44.9 Å². The maximum atomic E-state index is 8.76. The van der Waals surface area contributed by atoms with Crippen LogP contribution >= 0.6 is 0 Å². The second-order valence-corrected chi connectivity index (χ2v) is 9.57. The molecule has 1 aliphatic heterocycles. The topological polar surface area (TPSA) is 66.2 Å². The number of benzene rings is 2. The van der Waals surface area contributed by atoms with E-state index in [1.54, 1.807) is 7.11 Å². The predicted molar refractivity (Wildman–Crippen MR) is 151 cm³/mol. The summed E-state index contributed by atoms with van der Waals surface area (Å²) < 4.78 is 7.49. The molecule has 0 amide bonds. The van der Waals surface area contributed by atoms with E-state index in [4.69, 9.17) is 15.1 Å². The minimum Gasteiger partial charge on any atom is -0.497 e. The fourth-order valence-corrected chi connectivity index (χ4v) is 5.02. The van der Waals surface area contributed by atoms with Crippen molar-refractivity contribution in [2.75, 3.05) is 7.11 Å². The predicted octanol–water partition coefficient (Wildman–Crippen LogP) is 7.51. The lowest BCUT2D eigenvalue weighted by Gasteiger charge is -2.11. The smallest absolute Gasteiger partial charge is 0.119 e. The van der Waals surface area contributed by atoms with E-state index in [9.17, 15) is 0 Å². The Morgan fingerprint density at radius 2 is 1.97 bits per heavy atom. The van der Waals surface area contributed by atoms with Crippen molar-refractivity contribution >= 4 is 33.7 Å². The number of H-pyrrole nitrogens is 1. The van der Waals surface area contributed by atoms with E-state index in [0.717, 1.165) is 60.9 Å². The van der Waals surface area contributed by atoms with Crippen molar-refractivity contribution in [3.05, 3.63) is 89.4 Å². The van der Waals surface area contributed by atoms with Crippen LogP contribution in [0.5, 0.6) is 5.75 Å².